The Morgan fingerprint density at radius 3 is 2.95 bits per heavy atom. The average molecular weight is 343 g/mol. The highest BCUT2D eigenvalue weighted by molar-refractivity contribution is 9.10. The fraction of sp³-hybridized carbons (Fsp3) is 0.455. The molecule has 0 saturated carbocycles. The van der Waals surface area contributed by atoms with Crippen molar-refractivity contribution in [2.45, 2.75) is 13.1 Å². The van der Waals surface area contributed by atoms with E-state index < -0.39 is 0 Å². The van der Waals surface area contributed by atoms with Gasteiger partial charge in [-0.15, -0.1) is 0 Å². The third kappa shape index (κ3) is 3.42. The minimum absolute atomic E-state index is 0.207. The van der Waals surface area contributed by atoms with Crippen molar-refractivity contribution in [1.29, 1.82) is 0 Å². The summed E-state index contributed by atoms with van der Waals surface area (Å²) >= 11 is 3.28. The first-order chi connectivity index (χ1) is 9.61. The van der Waals surface area contributed by atoms with Crippen molar-refractivity contribution in [2.24, 2.45) is 7.05 Å². The van der Waals surface area contributed by atoms with E-state index in [9.17, 15) is 4.79 Å². The Kier molecular flexibility index (Phi) is 4.85. The third-order valence-electron chi connectivity index (χ3n) is 2.58. The van der Waals surface area contributed by atoms with Crippen molar-refractivity contribution >= 4 is 21.6 Å². The van der Waals surface area contributed by atoms with Crippen LogP contribution in [0.25, 0.3) is 0 Å². The highest BCUT2D eigenvalue weighted by atomic mass is 79.9. The van der Waals surface area contributed by atoms with Gasteiger partial charge in [0.25, 0.3) is 5.56 Å². The number of ether oxygens (including phenoxy) is 1. The molecular formula is C11H15BrN6O2. The summed E-state index contributed by atoms with van der Waals surface area (Å²) in [6.07, 6.45) is 3.21. The highest BCUT2D eigenvalue weighted by Crippen LogP contribution is 2.16. The molecule has 0 radical (unpaired) electrons. The summed E-state index contributed by atoms with van der Waals surface area (Å²) in [5, 5.41) is 11.3. The molecule has 8 nitrogen and oxygen atoms in total. The van der Waals surface area contributed by atoms with Crippen LogP contribution in [0, 0.1) is 0 Å². The van der Waals surface area contributed by atoms with Gasteiger partial charge in [-0.1, -0.05) is 0 Å². The van der Waals surface area contributed by atoms with Crippen molar-refractivity contribution in [3.8, 4) is 0 Å². The second kappa shape index (κ2) is 6.62. The van der Waals surface area contributed by atoms with E-state index in [-0.39, 0.29) is 5.56 Å². The fourth-order valence-corrected chi connectivity index (χ4v) is 2.01. The molecule has 20 heavy (non-hydrogen) atoms. The maximum atomic E-state index is 12.0. The molecule has 0 amide bonds. The lowest BCUT2D eigenvalue weighted by atomic mass is 10.4. The number of hydrogen-bond acceptors (Lipinski definition) is 6. The van der Waals surface area contributed by atoms with Crippen LogP contribution < -0.4 is 10.9 Å². The summed E-state index contributed by atoms with van der Waals surface area (Å²) in [6, 6.07) is 0. The Balaban J connectivity index is 2.09. The van der Waals surface area contributed by atoms with Crippen molar-refractivity contribution in [3.63, 3.8) is 0 Å². The molecule has 0 aliphatic heterocycles. The van der Waals surface area contributed by atoms with Crippen molar-refractivity contribution in [2.75, 3.05) is 19.0 Å². The molecule has 0 aliphatic carbocycles. The SMILES string of the molecule is COCCn1ncc(NCc2ncn(C)n2)c(Br)c1=O. The van der Waals surface area contributed by atoms with Gasteiger partial charge in [-0.25, -0.2) is 9.67 Å². The van der Waals surface area contributed by atoms with Gasteiger partial charge in [-0.05, 0) is 15.9 Å². The zero-order valence-electron chi connectivity index (χ0n) is 11.2. The number of nitrogens with one attached hydrogen (secondary N) is 1. The molecular weight excluding hydrogens is 328 g/mol. The molecule has 0 unspecified atom stereocenters. The van der Waals surface area contributed by atoms with E-state index in [2.05, 4.69) is 36.4 Å². The van der Waals surface area contributed by atoms with Crippen molar-refractivity contribution in [3.05, 3.63) is 33.2 Å². The Labute approximate surface area is 123 Å². The predicted molar refractivity (Wildman–Crippen MR) is 76.4 cm³/mol. The maximum absolute atomic E-state index is 12.0. The Hall–Kier alpha value is -1.74. The largest absolute Gasteiger partial charge is 0.383 e. The third-order valence-corrected chi connectivity index (χ3v) is 3.34. The normalized spacial score (nSPS) is 10.8. The summed E-state index contributed by atoms with van der Waals surface area (Å²) in [4.78, 5) is 16.1. The van der Waals surface area contributed by atoms with Crippen LogP contribution in [0.15, 0.2) is 21.8 Å². The molecule has 9 heteroatoms. The summed E-state index contributed by atoms with van der Waals surface area (Å²) < 4.78 is 8.32. The second-order valence-electron chi connectivity index (χ2n) is 4.08. The lowest BCUT2D eigenvalue weighted by Gasteiger charge is -2.09. The van der Waals surface area contributed by atoms with E-state index in [0.29, 0.717) is 35.7 Å². The quantitative estimate of drug-likeness (QED) is 0.817. The molecule has 2 aromatic rings. The van der Waals surface area contributed by atoms with Gasteiger partial charge in [-0.2, -0.15) is 10.2 Å². The molecule has 0 aromatic carbocycles. The summed E-state index contributed by atoms with van der Waals surface area (Å²) in [7, 11) is 3.38. The molecule has 0 bridgehead atoms. The molecule has 108 valence electrons. The van der Waals surface area contributed by atoms with Crippen molar-refractivity contribution in [1.82, 2.24) is 24.5 Å². The van der Waals surface area contributed by atoms with Crippen molar-refractivity contribution < 1.29 is 4.74 Å². The van der Waals surface area contributed by atoms with Gasteiger partial charge >= 0.3 is 0 Å². The van der Waals surface area contributed by atoms with E-state index in [1.165, 1.54) is 4.68 Å². The van der Waals surface area contributed by atoms with Gasteiger partial charge in [0.15, 0.2) is 5.82 Å². The van der Waals surface area contributed by atoms with Crippen LogP contribution in [0.2, 0.25) is 0 Å². The van der Waals surface area contributed by atoms with Crippen LogP contribution >= 0.6 is 15.9 Å². The number of hydrogen-bond donors (Lipinski definition) is 1. The first kappa shape index (κ1) is 14.7. The molecule has 2 rings (SSSR count). The lowest BCUT2D eigenvalue weighted by Crippen LogP contribution is -2.26. The topological polar surface area (TPSA) is 86.9 Å². The van der Waals surface area contributed by atoms with E-state index >= 15 is 0 Å². The number of methoxy groups -OCH3 is 1. The van der Waals surface area contributed by atoms with E-state index in [0.717, 1.165) is 0 Å². The molecule has 0 atom stereocenters. The Morgan fingerprint density at radius 2 is 2.30 bits per heavy atom. The Bertz CT molecular complexity index is 638. The van der Waals surface area contributed by atoms with Gasteiger partial charge < -0.3 is 10.1 Å². The summed E-state index contributed by atoms with van der Waals surface area (Å²) in [5.74, 6) is 0.642. The number of nitrogens with zero attached hydrogens (tertiary/aromatic N) is 5. The lowest BCUT2D eigenvalue weighted by molar-refractivity contribution is 0.181. The standard InChI is InChI=1S/C11H15BrN6O2/c1-17-7-14-9(16-17)6-13-8-5-15-18(3-4-20-2)11(19)10(8)12/h5,7,13H,3-4,6H2,1-2H3. The first-order valence-corrected chi connectivity index (χ1v) is 6.74. The molecule has 2 heterocycles. The van der Waals surface area contributed by atoms with Crippen LogP contribution in [0.1, 0.15) is 5.82 Å². The molecule has 0 spiro atoms. The van der Waals surface area contributed by atoms with Crippen LogP contribution in [-0.4, -0.2) is 38.3 Å². The number of aryl methyl sites for hydroxylation is 1. The Morgan fingerprint density at radius 1 is 1.50 bits per heavy atom. The van der Waals surface area contributed by atoms with Crippen LogP contribution in [-0.2, 0) is 24.9 Å². The number of anilines is 1. The second-order valence-corrected chi connectivity index (χ2v) is 4.87. The molecule has 2 aromatic heterocycles. The van der Waals surface area contributed by atoms with E-state index in [1.807, 2.05) is 0 Å². The summed E-state index contributed by atoms with van der Waals surface area (Å²) in [5.41, 5.74) is 0.400. The number of rotatable bonds is 6. The minimum atomic E-state index is -0.207. The van der Waals surface area contributed by atoms with Crippen LogP contribution in [0.3, 0.4) is 0 Å². The minimum Gasteiger partial charge on any atom is -0.383 e. The summed E-state index contributed by atoms with van der Waals surface area (Å²) in [6.45, 7) is 1.27. The molecule has 0 fully saturated rings. The average Bonchev–Trinajstić information content (AvgIpc) is 2.85. The fourth-order valence-electron chi connectivity index (χ4n) is 1.56. The van der Waals surface area contributed by atoms with E-state index in [4.69, 9.17) is 4.74 Å². The maximum Gasteiger partial charge on any atom is 0.283 e. The molecule has 0 saturated heterocycles. The van der Waals surface area contributed by atoms with Crippen LogP contribution in [0.5, 0.6) is 0 Å². The monoisotopic (exact) mass is 342 g/mol. The zero-order chi connectivity index (χ0) is 14.5. The van der Waals surface area contributed by atoms with Gasteiger partial charge in [0, 0.05) is 14.2 Å². The molecule has 1 N–H and O–H groups in total. The van der Waals surface area contributed by atoms with Gasteiger partial charge in [-0.3, -0.25) is 9.48 Å². The van der Waals surface area contributed by atoms with Gasteiger partial charge in [0.1, 0.15) is 10.8 Å². The smallest absolute Gasteiger partial charge is 0.283 e. The first-order valence-electron chi connectivity index (χ1n) is 5.94. The number of aromatic nitrogens is 5. The van der Waals surface area contributed by atoms with Gasteiger partial charge in [0.05, 0.1) is 31.6 Å². The van der Waals surface area contributed by atoms with Gasteiger partial charge in [0.2, 0.25) is 0 Å². The van der Waals surface area contributed by atoms with Crippen LogP contribution in [0.4, 0.5) is 5.69 Å². The highest BCUT2D eigenvalue weighted by Gasteiger charge is 2.09. The van der Waals surface area contributed by atoms with E-state index in [1.54, 1.807) is 31.4 Å². The predicted octanol–water partition coefficient (Wildman–Crippen LogP) is 0.393. The molecule has 0 aliphatic rings. The zero-order valence-corrected chi connectivity index (χ0v) is 12.8. The number of halogens is 1.